The average molecular weight is 354 g/mol. The monoisotopic (exact) mass is 354 g/mol. The Bertz CT molecular complexity index is 879. The number of carbonyl (C=O) groups is 1. The van der Waals surface area contributed by atoms with E-state index in [2.05, 4.69) is 16.4 Å². The van der Waals surface area contributed by atoms with Crippen molar-refractivity contribution in [2.24, 2.45) is 5.92 Å². The highest BCUT2D eigenvalue weighted by Gasteiger charge is 2.25. The molecule has 0 atom stereocenters. The van der Waals surface area contributed by atoms with E-state index >= 15 is 0 Å². The molecule has 0 aliphatic carbocycles. The Balaban J connectivity index is 1.85. The van der Waals surface area contributed by atoms with Crippen molar-refractivity contribution in [2.75, 3.05) is 18.4 Å². The van der Waals surface area contributed by atoms with Crippen LogP contribution in [0.25, 0.3) is 10.9 Å². The number of nitrogens with zero attached hydrogens (tertiary/aromatic N) is 3. The highest BCUT2D eigenvalue weighted by atomic mass is 19.1. The number of piperidine rings is 1. The molecule has 1 amide bonds. The van der Waals surface area contributed by atoms with Crippen LogP contribution in [0.3, 0.4) is 0 Å². The van der Waals surface area contributed by atoms with Gasteiger partial charge in [-0.3, -0.25) is 9.78 Å². The third-order valence-corrected chi connectivity index (χ3v) is 4.90. The van der Waals surface area contributed by atoms with Gasteiger partial charge in [0.2, 0.25) is 5.91 Å². The van der Waals surface area contributed by atoms with E-state index in [0.717, 1.165) is 18.4 Å². The Morgan fingerprint density at radius 1 is 1.38 bits per heavy atom. The molecule has 6 heteroatoms. The quantitative estimate of drug-likeness (QED) is 0.914. The molecular formula is C20H23FN4O. The van der Waals surface area contributed by atoms with Crippen LogP contribution in [0.1, 0.15) is 37.8 Å². The summed E-state index contributed by atoms with van der Waals surface area (Å²) in [6, 6.07) is 5.15. The molecule has 0 radical (unpaired) electrons. The smallest absolute Gasteiger partial charge is 0.225 e. The lowest BCUT2D eigenvalue weighted by Gasteiger charge is -2.34. The zero-order valence-electron chi connectivity index (χ0n) is 15.3. The molecule has 3 rings (SSSR count). The predicted octanol–water partition coefficient (Wildman–Crippen LogP) is 3.61. The van der Waals surface area contributed by atoms with Gasteiger partial charge >= 0.3 is 0 Å². The summed E-state index contributed by atoms with van der Waals surface area (Å²) in [5.74, 6) is -0.166. The van der Waals surface area contributed by atoms with E-state index in [1.54, 1.807) is 0 Å². The van der Waals surface area contributed by atoms with Crippen LogP contribution in [0, 0.1) is 30.0 Å². The van der Waals surface area contributed by atoms with Crippen LogP contribution < -0.4 is 5.32 Å². The molecule has 5 nitrogen and oxygen atoms in total. The molecule has 1 N–H and O–H groups in total. The summed E-state index contributed by atoms with van der Waals surface area (Å²) < 4.78 is 13.9. The number of carbonyl (C=O) groups excluding carboxylic acids is 1. The number of amides is 1. The number of nitriles is 1. The SMILES string of the molecule is Cc1cc(F)cc2c(NC3CCN(C(=O)C(C)C)CC3)c(C#N)cnc12. The lowest BCUT2D eigenvalue weighted by atomic mass is 10.0. The van der Waals surface area contributed by atoms with Gasteiger partial charge in [-0.15, -0.1) is 0 Å². The standard InChI is InChI=1S/C20H23FN4O/c1-12(2)20(26)25-6-4-16(5-7-25)24-19-14(10-22)11-23-18-13(3)8-15(21)9-17(18)19/h8-9,11-12,16H,4-7H2,1-3H3,(H,23,24). The predicted molar refractivity (Wildman–Crippen MR) is 99.2 cm³/mol. The first-order valence-electron chi connectivity index (χ1n) is 8.95. The number of hydrogen-bond acceptors (Lipinski definition) is 4. The van der Waals surface area contributed by atoms with Gasteiger partial charge in [-0.1, -0.05) is 13.8 Å². The second-order valence-corrected chi connectivity index (χ2v) is 7.18. The molecule has 0 spiro atoms. The van der Waals surface area contributed by atoms with Gasteiger partial charge in [0.05, 0.1) is 16.8 Å². The molecule has 1 aromatic heterocycles. The van der Waals surface area contributed by atoms with E-state index in [4.69, 9.17) is 0 Å². The number of fused-ring (bicyclic) bond motifs is 1. The van der Waals surface area contributed by atoms with Gasteiger partial charge in [-0.05, 0) is 37.5 Å². The third-order valence-electron chi connectivity index (χ3n) is 4.90. The Kier molecular flexibility index (Phi) is 5.08. The van der Waals surface area contributed by atoms with Crippen LogP contribution >= 0.6 is 0 Å². The number of halogens is 1. The van der Waals surface area contributed by atoms with Crippen molar-refractivity contribution in [2.45, 2.75) is 39.7 Å². The van der Waals surface area contributed by atoms with Crippen LogP contribution in [0.5, 0.6) is 0 Å². The van der Waals surface area contributed by atoms with Gasteiger partial charge < -0.3 is 10.2 Å². The summed E-state index contributed by atoms with van der Waals surface area (Å²) >= 11 is 0. The lowest BCUT2D eigenvalue weighted by molar-refractivity contribution is -0.135. The molecule has 136 valence electrons. The number of pyridine rings is 1. The van der Waals surface area contributed by atoms with Crippen LogP contribution in [0.4, 0.5) is 10.1 Å². The Morgan fingerprint density at radius 2 is 2.08 bits per heavy atom. The molecule has 0 bridgehead atoms. The molecule has 2 heterocycles. The fourth-order valence-electron chi connectivity index (χ4n) is 3.49. The van der Waals surface area contributed by atoms with Crippen molar-refractivity contribution in [3.63, 3.8) is 0 Å². The van der Waals surface area contributed by atoms with E-state index in [0.29, 0.717) is 35.2 Å². The molecule has 2 aromatic rings. The first-order chi connectivity index (χ1) is 12.4. The topological polar surface area (TPSA) is 69.0 Å². The summed E-state index contributed by atoms with van der Waals surface area (Å²) in [6.07, 6.45) is 3.12. The Labute approximate surface area is 152 Å². The van der Waals surface area contributed by atoms with Crippen molar-refractivity contribution in [1.29, 1.82) is 5.26 Å². The van der Waals surface area contributed by atoms with E-state index in [9.17, 15) is 14.4 Å². The fraction of sp³-hybridized carbons (Fsp3) is 0.450. The summed E-state index contributed by atoms with van der Waals surface area (Å²) in [7, 11) is 0. The summed E-state index contributed by atoms with van der Waals surface area (Å²) in [6.45, 7) is 7.00. The number of likely N-dealkylation sites (tertiary alicyclic amines) is 1. The minimum atomic E-state index is -0.340. The van der Waals surface area contributed by atoms with Crippen molar-refractivity contribution in [3.8, 4) is 6.07 Å². The van der Waals surface area contributed by atoms with Gasteiger partial charge in [-0.25, -0.2) is 4.39 Å². The molecule has 0 saturated carbocycles. The van der Waals surface area contributed by atoms with Crippen LogP contribution in [-0.4, -0.2) is 34.9 Å². The first-order valence-corrected chi connectivity index (χ1v) is 8.95. The molecule has 1 aromatic carbocycles. The van der Waals surface area contributed by atoms with Gasteiger partial charge in [-0.2, -0.15) is 5.26 Å². The number of anilines is 1. The van der Waals surface area contributed by atoms with Gasteiger partial charge in [0.25, 0.3) is 0 Å². The number of benzene rings is 1. The van der Waals surface area contributed by atoms with Crippen molar-refractivity contribution < 1.29 is 9.18 Å². The first kappa shape index (κ1) is 18.1. The zero-order chi connectivity index (χ0) is 18.8. The third kappa shape index (κ3) is 3.48. The van der Waals surface area contributed by atoms with E-state index < -0.39 is 0 Å². The van der Waals surface area contributed by atoms with Gasteiger partial charge in [0, 0.05) is 36.6 Å². The summed E-state index contributed by atoms with van der Waals surface area (Å²) in [4.78, 5) is 18.3. The summed E-state index contributed by atoms with van der Waals surface area (Å²) in [5.41, 5.74) is 2.47. The maximum atomic E-state index is 13.9. The summed E-state index contributed by atoms with van der Waals surface area (Å²) in [5, 5.41) is 13.5. The normalized spacial score (nSPS) is 15.3. The van der Waals surface area contributed by atoms with Gasteiger partial charge in [0.15, 0.2) is 0 Å². The molecule has 1 aliphatic rings. The second-order valence-electron chi connectivity index (χ2n) is 7.18. The van der Waals surface area contributed by atoms with Crippen molar-refractivity contribution >= 4 is 22.5 Å². The molecule has 26 heavy (non-hydrogen) atoms. The minimum Gasteiger partial charge on any atom is -0.381 e. The minimum absolute atomic E-state index is 0.000192. The largest absolute Gasteiger partial charge is 0.381 e. The fourth-order valence-corrected chi connectivity index (χ4v) is 3.49. The molecule has 0 unspecified atom stereocenters. The van der Waals surface area contributed by atoms with E-state index in [-0.39, 0.29) is 23.7 Å². The average Bonchev–Trinajstić information content (AvgIpc) is 2.62. The number of rotatable bonds is 3. The molecule has 1 aliphatic heterocycles. The van der Waals surface area contributed by atoms with Crippen molar-refractivity contribution in [1.82, 2.24) is 9.88 Å². The number of aryl methyl sites for hydroxylation is 1. The van der Waals surface area contributed by atoms with E-state index in [1.807, 2.05) is 25.7 Å². The second kappa shape index (κ2) is 7.28. The van der Waals surface area contributed by atoms with Crippen LogP contribution in [0.2, 0.25) is 0 Å². The lowest BCUT2D eigenvalue weighted by Crippen LogP contribution is -2.44. The molecule has 1 fully saturated rings. The van der Waals surface area contributed by atoms with Crippen molar-refractivity contribution in [3.05, 3.63) is 35.3 Å². The number of hydrogen-bond donors (Lipinski definition) is 1. The number of aromatic nitrogens is 1. The highest BCUT2D eigenvalue weighted by Crippen LogP contribution is 2.30. The van der Waals surface area contributed by atoms with Crippen LogP contribution in [-0.2, 0) is 4.79 Å². The molecule has 1 saturated heterocycles. The molecular weight excluding hydrogens is 331 g/mol. The number of nitrogens with one attached hydrogen (secondary N) is 1. The van der Waals surface area contributed by atoms with E-state index in [1.165, 1.54) is 18.3 Å². The Morgan fingerprint density at radius 3 is 2.69 bits per heavy atom. The van der Waals surface area contributed by atoms with Gasteiger partial charge in [0.1, 0.15) is 11.9 Å². The maximum absolute atomic E-state index is 13.9. The highest BCUT2D eigenvalue weighted by molar-refractivity contribution is 5.95. The Hall–Kier alpha value is -2.68. The van der Waals surface area contributed by atoms with Crippen LogP contribution in [0.15, 0.2) is 18.3 Å². The maximum Gasteiger partial charge on any atom is 0.225 e. The zero-order valence-corrected chi connectivity index (χ0v) is 15.3.